The molecule has 1 aromatic rings. The number of nitrogens with one attached hydrogen (secondary N) is 1. The van der Waals surface area contributed by atoms with E-state index in [1.54, 1.807) is 12.4 Å². The van der Waals surface area contributed by atoms with Crippen LogP contribution in [0.15, 0.2) is 18.5 Å². The number of anilines is 1. The molecule has 3 heteroatoms. The van der Waals surface area contributed by atoms with Gasteiger partial charge in [0.25, 0.3) is 0 Å². The molecule has 2 fully saturated rings. The third-order valence-corrected chi connectivity index (χ3v) is 4.63. The second-order valence-corrected chi connectivity index (χ2v) is 5.49. The van der Waals surface area contributed by atoms with Gasteiger partial charge in [0, 0.05) is 12.1 Å². The largest absolute Gasteiger partial charge is 0.324 e. The first-order valence-electron chi connectivity index (χ1n) is 6.43. The van der Waals surface area contributed by atoms with Gasteiger partial charge >= 0.3 is 0 Å². The average molecular weight is 230 g/mol. The first kappa shape index (κ1) is 10.8. The zero-order chi connectivity index (χ0) is 11.9. The Morgan fingerprint density at radius 3 is 2.82 bits per heavy atom. The number of nitrogens with zero attached hydrogens (tertiary/aromatic N) is 1. The van der Waals surface area contributed by atoms with Gasteiger partial charge in [0.2, 0.25) is 5.91 Å². The number of hydrogen-bond acceptors (Lipinski definition) is 2. The number of carbonyl (C=O) groups is 1. The standard InChI is InChI=1S/C14H18N2O/c1-10-4-8-15-9-12(10)16-13(17)11-3-7-14(11)5-2-6-14/h4,8-9,11H,2-3,5-7H2,1H3,(H,16,17). The van der Waals surface area contributed by atoms with Crippen molar-refractivity contribution in [3.63, 3.8) is 0 Å². The van der Waals surface area contributed by atoms with Crippen LogP contribution in [0.5, 0.6) is 0 Å². The van der Waals surface area contributed by atoms with Crippen LogP contribution >= 0.6 is 0 Å². The van der Waals surface area contributed by atoms with Crippen molar-refractivity contribution in [2.75, 3.05) is 5.32 Å². The number of hydrogen-bond donors (Lipinski definition) is 1. The van der Waals surface area contributed by atoms with Crippen molar-refractivity contribution in [3.8, 4) is 0 Å². The monoisotopic (exact) mass is 230 g/mol. The Labute approximate surface area is 102 Å². The predicted octanol–water partition coefficient (Wildman–Crippen LogP) is 2.91. The Morgan fingerprint density at radius 2 is 2.29 bits per heavy atom. The molecule has 1 spiro atoms. The molecule has 90 valence electrons. The van der Waals surface area contributed by atoms with E-state index < -0.39 is 0 Å². The number of aryl methyl sites for hydroxylation is 1. The van der Waals surface area contributed by atoms with E-state index in [0.29, 0.717) is 5.41 Å². The molecule has 1 unspecified atom stereocenters. The molecule has 1 amide bonds. The van der Waals surface area contributed by atoms with Gasteiger partial charge in [0.1, 0.15) is 0 Å². The molecule has 0 saturated heterocycles. The molecular formula is C14H18N2O. The topological polar surface area (TPSA) is 42.0 Å². The molecule has 1 heterocycles. The van der Waals surface area contributed by atoms with E-state index in [-0.39, 0.29) is 11.8 Å². The SMILES string of the molecule is Cc1ccncc1NC(=O)C1CCC12CCC2. The van der Waals surface area contributed by atoms with E-state index in [9.17, 15) is 4.79 Å². The fourth-order valence-corrected chi connectivity index (χ4v) is 3.15. The third-order valence-electron chi connectivity index (χ3n) is 4.63. The quantitative estimate of drug-likeness (QED) is 0.848. The van der Waals surface area contributed by atoms with Crippen LogP contribution in [0.4, 0.5) is 5.69 Å². The second-order valence-electron chi connectivity index (χ2n) is 5.49. The molecule has 0 aliphatic heterocycles. The Bertz CT molecular complexity index is 446. The maximum Gasteiger partial charge on any atom is 0.228 e. The number of carbonyl (C=O) groups excluding carboxylic acids is 1. The highest BCUT2D eigenvalue weighted by molar-refractivity contribution is 5.94. The van der Waals surface area contributed by atoms with Gasteiger partial charge in [-0.2, -0.15) is 0 Å². The minimum atomic E-state index is 0.201. The summed E-state index contributed by atoms with van der Waals surface area (Å²) in [6.07, 6.45) is 9.59. The van der Waals surface area contributed by atoms with Gasteiger partial charge in [-0.3, -0.25) is 9.78 Å². The van der Waals surface area contributed by atoms with Crippen LogP contribution in [-0.4, -0.2) is 10.9 Å². The zero-order valence-electron chi connectivity index (χ0n) is 10.2. The second kappa shape index (κ2) is 3.83. The normalized spacial score (nSPS) is 24.9. The predicted molar refractivity (Wildman–Crippen MR) is 66.6 cm³/mol. The summed E-state index contributed by atoms with van der Waals surface area (Å²) in [6.45, 7) is 2.00. The Balaban J connectivity index is 1.70. The molecule has 0 bridgehead atoms. The lowest BCUT2D eigenvalue weighted by atomic mass is 9.49. The number of pyridine rings is 1. The van der Waals surface area contributed by atoms with Crippen LogP contribution < -0.4 is 5.32 Å². The molecule has 17 heavy (non-hydrogen) atoms. The van der Waals surface area contributed by atoms with Crippen molar-refractivity contribution in [2.24, 2.45) is 11.3 Å². The van der Waals surface area contributed by atoms with E-state index in [0.717, 1.165) is 17.7 Å². The highest BCUT2D eigenvalue weighted by Gasteiger charge is 2.53. The third kappa shape index (κ3) is 1.65. The van der Waals surface area contributed by atoms with Gasteiger partial charge in [-0.1, -0.05) is 6.42 Å². The summed E-state index contributed by atoms with van der Waals surface area (Å²) in [6, 6.07) is 1.93. The van der Waals surface area contributed by atoms with Gasteiger partial charge in [-0.15, -0.1) is 0 Å². The first-order valence-corrected chi connectivity index (χ1v) is 6.43. The van der Waals surface area contributed by atoms with Gasteiger partial charge in [-0.05, 0) is 49.7 Å². The van der Waals surface area contributed by atoms with Crippen LogP contribution in [0.3, 0.4) is 0 Å². The summed E-state index contributed by atoms with van der Waals surface area (Å²) in [5.74, 6) is 0.447. The van der Waals surface area contributed by atoms with Crippen molar-refractivity contribution < 1.29 is 4.79 Å². The van der Waals surface area contributed by atoms with E-state index in [4.69, 9.17) is 0 Å². The molecule has 3 rings (SSSR count). The van der Waals surface area contributed by atoms with Crippen molar-refractivity contribution >= 4 is 11.6 Å². The van der Waals surface area contributed by atoms with Crippen LogP contribution in [0.25, 0.3) is 0 Å². The maximum absolute atomic E-state index is 12.2. The molecule has 2 saturated carbocycles. The first-order chi connectivity index (χ1) is 8.21. The lowest BCUT2D eigenvalue weighted by Gasteiger charge is -2.55. The summed E-state index contributed by atoms with van der Waals surface area (Å²) < 4.78 is 0. The fraction of sp³-hybridized carbons (Fsp3) is 0.571. The Morgan fingerprint density at radius 1 is 1.47 bits per heavy atom. The van der Waals surface area contributed by atoms with Gasteiger partial charge in [0.05, 0.1) is 11.9 Å². The minimum Gasteiger partial charge on any atom is -0.324 e. The smallest absolute Gasteiger partial charge is 0.228 e. The van der Waals surface area contributed by atoms with Crippen molar-refractivity contribution in [2.45, 2.75) is 39.0 Å². The van der Waals surface area contributed by atoms with Crippen LogP contribution in [0.1, 0.15) is 37.7 Å². The zero-order valence-corrected chi connectivity index (χ0v) is 10.2. The highest BCUT2D eigenvalue weighted by Crippen LogP contribution is 2.59. The van der Waals surface area contributed by atoms with Gasteiger partial charge < -0.3 is 5.32 Å². The molecule has 2 aliphatic carbocycles. The van der Waals surface area contributed by atoms with E-state index in [1.807, 2.05) is 13.0 Å². The minimum absolute atomic E-state index is 0.201. The maximum atomic E-state index is 12.2. The molecule has 1 N–H and O–H groups in total. The molecule has 1 atom stereocenters. The summed E-state index contributed by atoms with van der Waals surface area (Å²) >= 11 is 0. The van der Waals surface area contributed by atoms with Crippen LogP contribution in [-0.2, 0) is 4.79 Å². The molecule has 2 aliphatic rings. The number of amides is 1. The molecular weight excluding hydrogens is 212 g/mol. The van der Waals surface area contributed by atoms with E-state index in [2.05, 4.69) is 10.3 Å². The Kier molecular flexibility index (Phi) is 2.42. The van der Waals surface area contributed by atoms with E-state index in [1.165, 1.54) is 25.7 Å². The van der Waals surface area contributed by atoms with Crippen molar-refractivity contribution in [1.82, 2.24) is 4.98 Å². The molecule has 3 nitrogen and oxygen atoms in total. The number of rotatable bonds is 2. The number of aromatic nitrogens is 1. The highest BCUT2D eigenvalue weighted by atomic mass is 16.2. The Hall–Kier alpha value is -1.38. The summed E-state index contributed by atoms with van der Waals surface area (Å²) in [5, 5.41) is 3.03. The molecule has 1 aromatic heterocycles. The summed E-state index contributed by atoms with van der Waals surface area (Å²) in [7, 11) is 0. The van der Waals surface area contributed by atoms with Gasteiger partial charge in [0.15, 0.2) is 0 Å². The van der Waals surface area contributed by atoms with Crippen LogP contribution in [0, 0.1) is 18.3 Å². The molecule has 0 aromatic carbocycles. The lowest BCUT2D eigenvalue weighted by molar-refractivity contribution is -0.137. The van der Waals surface area contributed by atoms with Crippen LogP contribution in [0.2, 0.25) is 0 Å². The van der Waals surface area contributed by atoms with E-state index >= 15 is 0 Å². The van der Waals surface area contributed by atoms with Crippen molar-refractivity contribution in [3.05, 3.63) is 24.0 Å². The van der Waals surface area contributed by atoms with Gasteiger partial charge in [-0.25, -0.2) is 0 Å². The summed E-state index contributed by atoms with van der Waals surface area (Å²) in [5.41, 5.74) is 2.31. The lowest BCUT2D eigenvalue weighted by Crippen LogP contribution is -2.51. The fourth-order valence-electron chi connectivity index (χ4n) is 3.15. The average Bonchev–Trinajstić information content (AvgIpc) is 2.17. The summed E-state index contributed by atoms with van der Waals surface area (Å²) in [4.78, 5) is 16.3. The van der Waals surface area contributed by atoms with Crippen molar-refractivity contribution in [1.29, 1.82) is 0 Å². The molecule has 0 radical (unpaired) electrons.